The molecule has 0 radical (unpaired) electrons. The summed E-state index contributed by atoms with van der Waals surface area (Å²) >= 11 is 0. The zero-order valence-electron chi connectivity index (χ0n) is 10.4. The highest BCUT2D eigenvalue weighted by molar-refractivity contribution is 5.33. The van der Waals surface area contributed by atoms with Crippen LogP contribution in [0.2, 0.25) is 0 Å². The maximum absolute atomic E-state index is 12.9. The van der Waals surface area contributed by atoms with Gasteiger partial charge in [-0.3, -0.25) is 0 Å². The fraction of sp³-hybridized carbons (Fsp3) is 0.267. The molecule has 0 aliphatic carbocycles. The molecule has 18 heavy (non-hydrogen) atoms. The van der Waals surface area contributed by atoms with Gasteiger partial charge in [-0.25, -0.2) is 4.98 Å². The minimum atomic E-state index is -0.448. The summed E-state index contributed by atoms with van der Waals surface area (Å²) in [6.07, 6.45) is 0.988. The standard InChI is InChI=1S/C15H17FN2/c1-12(13-6-3-2-4-7-13)10-11-17-15-9-5-8-14(16)18-15/h2-9,12H,10-11H2,1H3,(H,17,18). The number of rotatable bonds is 5. The van der Waals surface area contributed by atoms with Crippen LogP contribution in [0, 0.1) is 5.95 Å². The Morgan fingerprint density at radius 2 is 1.89 bits per heavy atom. The summed E-state index contributed by atoms with van der Waals surface area (Å²) in [5.41, 5.74) is 1.33. The van der Waals surface area contributed by atoms with Gasteiger partial charge in [-0.2, -0.15) is 4.39 Å². The molecule has 0 aliphatic heterocycles. The first-order valence-corrected chi connectivity index (χ1v) is 6.17. The van der Waals surface area contributed by atoms with E-state index in [1.165, 1.54) is 11.6 Å². The number of benzene rings is 1. The van der Waals surface area contributed by atoms with E-state index in [4.69, 9.17) is 0 Å². The van der Waals surface area contributed by atoms with Crippen molar-refractivity contribution in [2.24, 2.45) is 0 Å². The highest BCUT2D eigenvalue weighted by Gasteiger charge is 2.04. The van der Waals surface area contributed by atoms with Crippen LogP contribution < -0.4 is 5.32 Å². The lowest BCUT2D eigenvalue weighted by atomic mass is 9.98. The zero-order valence-corrected chi connectivity index (χ0v) is 10.4. The van der Waals surface area contributed by atoms with Crippen molar-refractivity contribution in [1.82, 2.24) is 4.98 Å². The van der Waals surface area contributed by atoms with Crippen LogP contribution in [0.25, 0.3) is 0 Å². The monoisotopic (exact) mass is 244 g/mol. The van der Waals surface area contributed by atoms with Gasteiger partial charge >= 0.3 is 0 Å². The third-order valence-electron chi connectivity index (χ3n) is 2.97. The van der Waals surface area contributed by atoms with Crippen molar-refractivity contribution in [3.63, 3.8) is 0 Å². The van der Waals surface area contributed by atoms with Crippen molar-refractivity contribution in [1.29, 1.82) is 0 Å². The summed E-state index contributed by atoms with van der Waals surface area (Å²) in [6, 6.07) is 15.2. The number of halogens is 1. The molecule has 2 rings (SSSR count). The Labute approximate surface area is 107 Å². The first-order chi connectivity index (χ1) is 8.75. The second-order valence-electron chi connectivity index (χ2n) is 4.37. The van der Waals surface area contributed by atoms with Gasteiger partial charge in [-0.1, -0.05) is 43.3 Å². The number of nitrogens with one attached hydrogen (secondary N) is 1. The van der Waals surface area contributed by atoms with Crippen molar-refractivity contribution in [2.45, 2.75) is 19.3 Å². The van der Waals surface area contributed by atoms with Gasteiger partial charge in [0.2, 0.25) is 5.95 Å². The number of anilines is 1. The van der Waals surface area contributed by atoms with Crippen molar-refractivity contribution in [3.8, 4) is 0 Å². The lowest BCUT2D eigenvalue weighted by Gasteiger charge is -2.12. The third kappa shape index (κ3) is 3.55. The summed E-state index contributed by atoms with van der Waals surface area (Å²) in [6.45, 7) is 2.97. The average Bonchev–Trinajstić information content (AvgIpc) is 2.40. The molecule has 0 amide bonds. The van der Waals surface area contributed by atoms with E-state index in [1.54, 1.807) is 12.1 Å². The van der Waals surface area contributed by atoms with Gasteiger partial charge < -0.3 is 5.32 Å². The molecule has 0 saturated heterocycles. The van der Waals surface area contributed by atoms with Crippen molar-refractivity contribution in [3.05, 3.63) is 60.0 Å². The Hall–Kier alpha value is -1.90. The smallest absolute Gasteiger partial charge is 0.214 e. The van der Waals surface area contributed by atoms with Crippen molar-refractivity contribution >= 4 is 5.82 Å². The quantitative estimate of drug-likeness (QED) is 0.809. The molecule has 1 unspecified atom stereocenters. The van der Waals surface area contributed by atoms with Gasteiger partial charge in [0, 0.05) is 6.54 Å². The molecule has 2 nitrogen and oxygen atoms in total. The molecule has 94 valence electrons. The number of hydrogen-bond donors (Lipinski definition) is 1. The predicted octanol–water partition coefficient (Wildman–Crippen LogP) is 3.83. The summed E-state index contributed by atoms with van der Waals surface area (Å²) in [7, 11) is 0. The van der Waals surface area contributed by atoms with Gasteiger partial charge in [0.1, 0.15) is 5.82 Å². The zero-order chi connectivity index (χ0) is 12.8. The number of pyridine rings is 1. The Bertz CT molecular complexity index is 485. The molecule has 1 aromatic heterocycles. The molecule has 0 bridgehead atoms. The summed E-state index contributed by atoms with van der Waals surface area (Å²) in [5.74, 6) is 0.624. The van der Waals surface area contributed by atoms with Gasteiger partial charge in [-0.15, -0.1) is 0 Å². The van der Waals surface area contributed by atoms with Crippen molar-refractivity contribution < 1.29 is 4.39 Å². The Morgan fingerprint density at radius 3 is 2.61 bits per heavy atom. The molecule has 1 atom stereocenters. The molecule has 1 heterocycles. The molecule has 1 aromatic carbocycles. The first-order valence-electron chi connectivity index (χ1n) is 6.17. The van der Waals surface area contributed by atoms with Gasteiger partial charge in [-0.05, 0) is 30.0 Å². The maximum atomic E-state index is 12.9. The molecule has 1 N–H and O–H groups in total. The highest BCUT2D eigenvalue weighted by atomic mass is 19.1. The molecular formula is C15H17FN2. The largest absolute Gasteiger partial charge is 0.370 e. The predicted molar refractivity (Wildman–Crippen MR) is 72.2 cm³/mol. The fourth-order valence-corrected chi connectivity index (χ4v) is 1.87. The third-order valence-corrected chi connectivity index (χ3v) is 2.97. The summed E-state index contributed by atoms with van der Waals surface area (Å²) < 4.78 is 12.9. The lowest BCUT2D eigenvalue weighted by molar-refractivity contribution is 0.584. The topological polar surface area (TPSA) is 24.9 Å². The van der Waals surface area contributed by atoms with Crippen LogP contribution in [0.15, 0.2) is 48.5 Å². The van der Waals surface area contributed by atoms with Crippen LogP contribution in [0.3, 0.4) is 0 Å². The number of nitrogens with zero attached hydrogens (tertiary/aromatic N) is 1. The van der Waals surface area contributed by atoms with E-state index in [-0.39, 0.29) is 0 Å². The highest BCUT2D eigenvalue weighted by Crippen LogP contribution is 2.18. The van der Waals surface area contributed by atoms with E-state index in [0.29, 0.717) is 11.7 Å². The molecule has 2 aromatic rings. The molecule has 0 aliphatic rings. The molecular weight excluding hydrogens is 227 g/mol. The van der Waals surface area contributed by atoms with E-state index in [1.807, 2.05) is 18.2 Å². The van der Waals surface area contributed by atoms with E-state index >= 15 is 0 Å². The Morgan fingerprint density at radius 1 is 1.11 bits per heavy atom. The minimum absolute atomic E-state index is 0.448. The summed E-state index contributed by atoms with van der Waals surface area (Å²) in [4.78, 5) is 3.76. The second kappa shape index (κ2) is 6.15. The first kappa shape index (κ1) is 12.6. The minimum Gasteiger partial charge on any atom is -0.370 e. The van der Waals surface area contributed by atoms with Gasteiger partial charge in [0.05, 0.1) is 0 Å². The number of hydrogen-bond acceptors (Lipinski definition) is 2. The fourth-order valence-electron chi connectivity index (χ4n) is 1.87. The number of aromatic nitrogens is 1. The second-order valence-corrected chi connectivity index (χ2v) is 4.37. The maximum Gasteiger partial charge on any atom is 0.214 e. The van der Waals surface area contributed by atoms with Crippen LogP contribution in [-0.4, -0.2) is 11.5 Å². The molecule has 0 spiro atoms. The van der Waals surface area contributed by atoms with E-state index in [9.17, 15) is 4.39 Å². The van der Waals surface area contributed by atoms with Crippen LogP contribution in [0.1, 0.15) is 24.8 Å². The Kier molecular flexibility index (Phi) is 4.29. The van der Waals surface area contributed by atoms with Crippen molar-refractivity contribution in [2.75, 3.05) is 11.9 Å². The lowest BCUT2D eigenvalue weighted by Crippen LogP contribution is -2.07. The van der Waals surface area contributed by atoms with Crippen LogP contribution in [0.4, 0.5) is 10.2 Å². The van der Waals surface area contributed by atoms with Gasteiger partial charge in [0.15, 0.2) is 0 Å². The molecule has 0 saturated carbocycles. The molecule has 3 heteroatoms. The van der Waals surface area contributed by atoms with Crippen LogP contribution >= 0.6 is 0 Å². The molecule has 0 fully saturated rings. The van der Waals surface area contributed by atoms with Crippen LogP contribution in [-0.2, 0) is 0 Å². The SMILES string of the molecule is CC(CCNc1cccc(F)n1)c1ccccc1. The Balaban J connectivity index is 1.82. The van der Waals surface area contributed by atoms with E-state index in [2.05, 4.69) is 29.4 Å². The van der Waals surface area contributed by atoms with Gasteiger partial charge in [0.25, 0.3) is 0 Å². The van der Waals surface area contributed by atoms with E-state index in [0.717, 1.165) is 13.0 Å². The normalized spacial score (nSPS) is 12.1. The average molecular weight is 244 g/mol. The van der Waals surface area contributed by atoms with E-state index < -0.39 is 5.95 Å². The van der Waals surface area contributed by atoms with Crippen LogP contribution in [0.5, 0.6) is 0 Å². The summed E-state index contributed by atoms with van der Waals surface area (Å²) in [5, 5.41) is 3.14.